The second-order valence-corrected chi connectivity index (χ2v) is 13.1. The lowest BCUT2D eigenvalue weighted by molar-refractivity contribution is -0.116. The molecule has 2 fully saturated rings. The van der Waals surface area contributed by atoms with Gasteiger partial charge in [-0.2, -0.15) is 0 Å². The van der Waals surface area contributed by atoms with Gasteiger partial charge in [0.2, 0.25) is 11.8 Å². The molecular weight excluding hydrogens is 518 g/mol. The Balaban J connectivity index is 1.17. The maximum atomic E-state index is 12.5. The van der Waals surface area contributed by atoms with Crippen LogP contribution in [0, 0.1) is 0 Å². The van der Waals surface area contributed by atoms with E-state index in [0.29, 0.717) is 37.1 Å². The fourth-order valence-electron chi connectivity index (χ4n) is 4.68. The Morgan fingerprint density at radius 3 is 1.27 bits per heavy atom. The summed E-state index contributed by atoms with van der Waals surface area (Å²) in [4.78, 5) is 25.1. The van der Waals surface area contributed by atoms with Crippen LogP contribution in [0.2, 0.25) is 0 Å². The zero-order valence-electron chi connectivity index (χ0n) is 25.8. The van der Waals surface area contributed by atoms with Crippen molar-refractivity contribution in [2.45, 2.75) is 110 Å². The van der Waals surface area contributed by atoms with Gasteiger partial charge in [-0.05, 0) is 103 Å². The molecule has 10 heteroatoms. The fraction of sp³-hybridized carbons (Fsp3) is 0.548. The van der Waals surface area contributed by atoms with Gasteiger partial charge in [0.25, 0.3) is 0 Å². The molecule has 4 rings (SSSR count). The summed E-state index contributed by atoms with van der Waals surface area (Å²) in [6, 6.07) is 15.2. The van der Waals surface area contributed by atoms with E-state index in [9.17, 15) is 9.59 Å². The molecule has 2 aliphatic rings. The Morgan fingerprint density at radius 2 is 0.927 bits per heavy atom. The predicted octanol–water partition coefficient (Wildman–Crippen LogP) is 4.81. The molecule has 0 atom stereocenters. The molecule has 220 valence electrons. The van der Waals surface area contributed by atoms with Crippen molar-refractivity contribution in [2.75, 3.05) is 10.6 Å². The lowest BCUT2D eigenvalue weighted by atomic mass is 9.79. The predicted molar refractivity (Wildman–Crippen MR) is 165 cm³/mol. The molecule has 0 radical (unpaired) electrons. The zero-order valence-corrected chi connectivity index (χ0v) is 25.8. The van der Waals surface area contributed by atoms with E-state index < -0.39 is 36.6 Å². The molecule has 41 heavy (non-hydrogen) atoms. The molecule has 2 N–H and O–H groups in total. The second kappa shape index (κ2) is 11.9. The lowest BCUT2D eigenvalue weighted by Crippen LogP contribution is -2.41. The van der Waals surface area contributed by atoms with Crippen LogP contribution < -0.4 is 21.6 Å². The van der Waals surface area contributed by atoms with Gasteiger partial charge in [-0.25, -0.2) is 0 Å². The number of carbonyl (C=O) groups is 2. The molecule has 0 aliphatic carbocycles. The monoisotopic (exact) mass is 562 g/mol. The van der Waals surface area contributed by atoms with Crippen LogP contribution in [0.15, 0.2) is 48.5 Å². The van der Waals surface area contributed by atoms with E-state index in [1.54, 1.807) is 0 Å². The first-order chi connectivity index (χ1) is 19.1. The molecule has 0 unspecified atom stereocenters. The minimum atomic E-state index is -0.478. The summed E-state index contributed by atoms with van der Waals surface area (Å²) in [6.45, 7) is 16.1. The van der Waals surface area contributed by atoms with Crippen LogP contribution in [0.3, 0.4) is 0 Å². The van der Waals surface area contributed by atoms with Crippen molar-refractivity contribution in [1.82, 2.24) is 0 Å². The van der Waals surface area contributed by atoms with Gasteiger partial charge in [0.1, 0.15) is 0 Å². The molecule has 2 aromatic rings. The highest BCUT2D eigenvalue weighted by Gasteiger charge is 2.52. The van der Waals surface area contributed by atoms with E-state index in [-0.39, 0.29) is 11.8 Å². The smallest absolute Gasteiger partial charge is 0.399 e. The number of nitrogens with one attached hydrogen (secondary N) is 2. The number of rotatable bonds is 10. The van der Waals surface area contributed by atoms with Crippen molar-refractivity contribution in [3.8, 4) is 0 Å². The summed E-state index contributed by atoms with van der Waals surface area (Å²) < 4.78 is 24.5. The van der Waals surface area contributed by atoms with Crippen LogP contribution in [-0.4, -0.2) is 48.5 Å². The van der Waals surface area contributed by atoms with Gasteiger partial charge >= 0.3 is 14.2 Å². The first kappa shape index (κ1) is 31.3. The van der Waals surface area contributed by atoms with E-state index in [2.05, 4.69) is 10.6 Å². The number of hydrogen-bond donors (Lipinski definition) is 2. The molecule has 0 saturated carbocycles. The SMILES string of the molecule is CC1(C)OB(c2cccc(NC(=O)CCCCCC(=O)Nc3cccc(B4OC(C)(C)C(C)(C)O4)c3)c2)OC1(C)C. The van der Waals surface area contributed by atoms with Gasteiger partial charge in [-0.3, -0.25) is 9.59 Å². The quantitative estimate of drug-likeness (QED) is 0.319. The third-order valence-corrected chi connectivity index (χ3v) is 8.70. The van der Waals surface area contributed by atoms with Gasteiger partial charge in [-0.15, -0.1) is 0 Å². The standard InChI is InChI=1S/C31H44B2N2O6/c1-28(2)29(3,4)39-32(38-28)22-14-12-16-24(20-22)34-26(36)18-10-9-11-19-27(37)35-25-17-13-15-23(21-25)33-40-30(5,6)31(7,8)41-33/h12-17,20-21H,9-11,18-19H2,1-8H3,(H,34,36)(H,35,37). The highest BCUT2D eigenvalue weighted by atomic mass is 16.7. The topological polar surface area (TPSA) is 95.1 Å². The summed E-state index contributed by atoms with van der Waals surface area (Å²) in [5, 5.41) is 5.94. The minimum absolute atomic E-state index is 0.0555. The first-order valence-electron chi connectivity index (χ1n) is 14.6. The van der Waals surface area contributed by atoms with Gasteiger partial charge < -0.3 is 29.3 Å². The van der Waals surface area contributed by atoms with Gasteiger partial charge in [0.15, 0.2) is 0 Å². The third-order valence-electron chi connectivity index (χ3n) is 8.70. The average molecular weight is 562 g/mol. The van der Waals surface area contributed by atoms with Crippen molar-refractivity contribution in [3.63, 3.8) is 0 Å². The summed E-state index contributed by atoms with van der Waals surface area (Å²) in [7, 11) is -0.955. The molecule has 0 aromatic heterocycles. The molecule has 0 spiro atoms. The number of carbonyl (C=O) groups excluding carboxylic acids is 2. The highest BCUT2D eigenvalue weighted by Crippen LogP contribution is 2.37. The molecular formula is C31H44B2N2O6. The van der Waals surface area contributed by atoms with E-state index in [4.69, 9.17) is 18.6 Å². The van der Waals surface area contributed by atoms with Crippen molar-refractivity contribution in [1.29, 1.82) is 0 Å². The van der Waals surface area contributed by atoms with Crippen molar-refractivity contribution >= 4 is 48.4 Å². The molecule has 2 saturated heterocycles. The summed E-state index contributed by atoms with van der Waals surface area (Å²) in [6.07, 6.45) is 2.96. The zero-order chi connectivity index (χ0) is 30.1. The molecule has 2 aliphatic heterocycles. The van der Waals surface area contributed by atoms with E-state index in [0.717, 1.165) is 17.3 Å². The average Bonchev–Trinajstić information content (AvgIpc) is 3.23. The molecule has 2 heterocycles. The van der Waals surface area contributed by atoms with E-state index in [1.165, 1.54) is 0 Å². The molecule has 2 aromatic carbocycles. The first-order valence-corrected chi connectivity index (χ1v) is 14.6. The van der Waals surface area contributed by atoms with Crippen LogP contribution in [0.25, 0.3) is 0 Å². The van der Waals surface area contributed by atoms with Crippen LogP contribution in [0.1, 0.15) is 87.5 Å². The molecule has 0 bridgehead atoms. The Hall–Kier alpha value is -2.65. The van der Waals surface area contributed by atoms with Gasteiger partial charge in [0, 0.05) is 24.2 Å². The van der Waals surface area contributed by atoms with E-state index in [1.807, 2.05) is 104 Å². The number of unbranched alkanes of at least 4 members (excludes halogenated alkanes) is 2. The van der Waals surface area contributed by atoms with Gasteiger partial charge in [0.05, 0.1) is 22.4 Å². The maximum Gasteiger partial charge on any atom is 0.494 e. The fourth-order valence-corrected chi connectivity index (χ4v) is 4.68. The molecule has 2 amide bonds. The minimum Gasteiger partial charge on any atom is -0.399 e. The lowest BCUT2D eigenvalue weighted by Gasteiger charge is -2.32. The normalized spacial score (nSPS) is 20.2. The number of anilines is 2. The largest absolute Gasteiger partial charge is 0.494 e. The second-order valence-electron chi connectivity index (χ2n) is 13.1. The Kier molecular flexibility index (Phi) is 9.10. The summed E-state index contributed by atoms with van der Waals surface area (Å²) >= 11 is 0. The van der Waals surface area contributed by atoms with Crippen LogP contribution >= 0.6 is 0 Å². The van der Waals surface area contributed by atoms with Crippen LogP contribution in [0.4, 0.5) is 11.4 Å². The summed E-state index contributed by atoms with van der Waals surface area (Å²) in [5.41, 5.74) is 1.47. The molecule has 8 nitrogen and oxygen atoms in total. The van der Waals surface area contributed by atoms with Crippen molar-refractivity contribution < 1.29 is 28.2 Å². The number of amides is 2. The third kappa shape index (κ3) is 7.41. The summed E-state index contributed by atoms with van der Waals surface area (Å²) in [5.74, 6) is -0.111. The highest BCUT2D eigenvalue weighted by molar-refractivity contribution is 6.62. The Morgan fingerprint density at radius 1 is 0.585 bits per heavy atom. The number of benzene rings is 2. The Bertz CT molecular complexity index is 1140. The Labute approximate surface area is 245 Å². The van der Waals surface area contributed by atoms with Gasteiger partial charge in [-0.1, -0.05) is 30.7 Å². The van der Waals surface area contributed by atoms with Crippen molar-refractivity contribution in [3.05, 3.63) is 48.5 Å². The van der Waals surface area contributed by atoms with E-state index >= 15 is 0 Å². The van der Waals surface area contributed by atoms with Crippen molar-refractivity contribution in [2.24, 2.45) is 0 Å². The van der Waals surface area contributed by atoms with Crippen LogP contribution in [-0.2, 0) is 28.2 Å². The maximum absolute atomic E-state index is 12.5. The number of hydrogen-bond acceptors (Lipinski definition) is 6. The van der Waals surface area contributed by atoms with Crippen LogP contribution in [0.5, 0.6) is 0 Å².